The van der Waals surface area contributed by atoms with Crippen molar-refractivity contribution in [3.63, 3.8) is 0 Å². The zero-order chi connectivity index (χ0) is 13.6. The molecule has 0 fully saturated rings. The molecule has 0 aliphatic rings. The third kappa shape index (κ3) is 5.41. The van der Waals surface area contributed by atoms with Crippen molar-refractivity contribution in [2.75, 3.05) is 0 Å². The minimum absolute atomic E-state index is 0.433. The van der Waals surface area contributed by atoms with Crippen LogP contribution < -0.4 is 16.4 Å². The molecule has 7 heteroatoms. The first kappa shape index (κ1) is 15.5. The molecule has 0 radical (unpaired) electrons. The summed E-state index contributed by atoms with van der Waals surface area (Å²) in [5, 5.41) is 13.8. The van der Waals surface area contributed by atoms with Crippen LogP contribution in [0.15, 0.2) is 0 Å². The van der Waals surface area contributed by atoms with Crippen molar-refractivity contribution in [2.45, 2.75) is 45.0 Å². The number of carbonyl (C=O) groups is 3. The number of aliphatic hydroxyl groups excluding tert-OH is 1. The van der Waals surface area contributed by atoms with Crippen molar-refractivity contribution in [1.29, 1.82) is 0 Å². The Morgan fingerprint density at radius 2 is 1.71 bits per heavy atom. The number of carbonyl (C=O) groups excluding carboxylic acids is 3. The van der Waals surface area contributed by atoms with E-state index in [1.807, 2.05) is 0 Å². The maximum absolute atomic E-state index is 11.5. The minimum Gasteiger partial charge on any atom is -0.391 e. The summed E-state index contributed by atoms with van der Waals surface area (Å²) in [6, 6.07) is -2.53. The van der Waals surface area contributed by atoms with Crippen molar-refractivity contribution in [1.82, 2.24) is 10.6 Å². The first-order valence-electron chi connectivity index (χ1n) is 5.29. The third-order valence-corrected chi connectivity index (χ3v) is 2.14. The fourth-order valence-electron chi connectivity index (χ4n) is 0.968. The topological polar surface area (TPSA) is 122 Å². The van der Waals surface area contributed by atoms with Crippen LogP contribution in [0.4, 0.5) is 0 Å². The Morgan fingerprint density at radius 1 is 1.18 bits per heavy atom. The lowest BCUT2D eigenvalue weighted by molar-refractivity contribution is -0.130. The molecule has 7 nitrogen and oxygen atoms in total. The van der Waals surface area contributed by atoms with Gasteiger partial charge >= 0.3 is 0 Å². The number of aliphatic hydroxyl groups is 1. The van der Waals surface area contributed by atoms with Crippen molar-refractivity contribution < 1.29 is 19.5 Å². The van der Waals surface area contributed by atoms with Crippen LogP contribution in [-0.2, 0) is 14.4 Å². The summed E-state index contributed by atoms with van der Waals surface area (Å²) in [4.78, 5) is 33.3. The van der Waals surface area contributed by atoms with Gasteiger partial charge in [-0.25, -0.2) is 0 Å². The van der Waals surface area contributed by atoms with Gasteiger partial charge in [0.2, 0.25) is 11.8 Å². The van der Waals surface area contributed by atoms with Gasteiger partial charge in [-0.1, -0.05) is 0 Å². The van der Waals surface area contributed by atoms with E-state index >= 15 is 0 Å². The molecule has 0 aromatic rings. The number of aldehydes is 1. The molecule has 0 saturated heterocycles. The first-order chi connectivity index (χ1) is 7.79. The number of hydrogen-bond donors (Lipinski definition) is 4. The lowest BCUT2D eigenvalue weighted by Crippen LogP contribution is -2.53. The van der Waals surface area contributed by atoms with Gasteiger partial charge in [0.1, 0.15) is 18.4 Å². The summed E-state index contributed by atoms with van der Waals surface area (Å²) in [5.74, 6) is -1.02. The number of nitrogens with one attached hydrogen (secondary N) is 2. The normalized spacial score (nSPS) is 17.5. The fraction of sp³-hybridized carbons (Fsp3) is 0.700. The van der Waals surface area contributed by atoms with Gasteiger partial charge < -0.3 is 26.3 Å². The molecular weight excluding hydrogens is 226 g/mol. The van der Waals surface area contributed by atoms with Crippen LogP contribution in [0, 0.1) is 0 Å². The maximum Gasteiger partial charge on any atom is 0.242 e. The predicted octanol–water partition coefficient (Wildman–Crippen LogP) is -2.10. The molecule has 0 spiro atoms. The number of rotatable bonds is 6. The summed E-state index contributed by atoms with van der Waals surface area (Å²) in [6.45, 7) is 4.33. The van der Waals surface area contributed by atoms with Gasteiger partial charge in [0.25, 0.3) is 0 Å². The van der Waals surface area contributed by atoms with Gasteiger partial charge in [-0.2, -0.15) is 0 Å². The van der Waals surface area contributed by atoms with Crippen LogP contribution in [-0.4, -0.2) is 47.4 Å². The molecule has 0 aromatic heterocycles. The SMILES string of the molecule is C[C@H](N)C(=O)N[C@@H](C)C(=O)N[C@H](C=O)[C@@H](C)O. The molecule has 0 aromatic carbocycles. The maximum atomic E-state index is 11.5. The van der Waals surface area contributed by atoms with Gasteiger partial charge in [0, 0.05) is 0 Å². The fourth-order valence-corrected chi connectivity index (χ4v) is 0.968. The van der Waals surface area contributed by atoms with Gasteiger partial charge in [-0.05, 0) is 20.8 Å². The Kier molecular flexibility index (Phi) is 6.37. The van der Waals surface area contributed by atoms with E-state index in [1.54, 1.807) is 0 Å². The Hall–Kier alpha value is -1.47. The quantitative estimate of drug-likeness (QED) is 0.399. The molecular formula is C10H19N3O4. The van der Waals surface area contributed by atoms with Crippen LogP contribution in [0.25, 0.3) is 0 Å². The number of hydrogen-bond acceptors (Lipinski definition) is 5. The Bertz CT molecular complexity index is 291. The molecule has 98 valence electrons. The summed E-state index contributed by atoms with van der Waals surface area (Å²) < 4.78 is 0. The molecule has 4 atom stereocenters. The van der Waals surface area contributed by atoms with Gasteiger partial charge in [-0.15, -0.1) is 0 Å². The van der Waals surface area contributed by atoms with Crippen LogP contribution >= 0.6 is 0 Å². The first-order valence-corrected chi connectivity index (χ1v) is 5.29. The minimum atomic E-state index is -0.993. The molecule has 17 heavy (non-hydrogen) atoms. The van der Waals surface area contributed by atoms with Crippen molar-refractivity contribution >= 4 is 18.1 Å². The second-order valence-electron chi connectivity index (χ2n) is 3.93. The van der Waals surface area contributed by atoms with E-state index in [9.17, 15) is 14.4 Å². The summed E-state index contributed by atoms with van der Waals surface area (Å²) >= 11 is 0. The highest BCUT2D eigenvalue weighted by atomic mass is 16.3. The molecule has 2 amide bonds. The molecule has 0 aliphatic heterocycles. The monoisotopic (exact) mass is 245 g/mol. The van der Waals surface area contributed by atoms with E-state index in [1.165, 1.54) is 20.8 Å². The van der Waals surface area contributed by atoms with Crippen LogP contribution in [0.2, 0.25) is 0 Å². The highest BCUT2D eigenvalue weighted by Gasteiger charge is 2.22. The Balaban J connectivity index is 4.31. The van der Waals surface area contributed by atoms with Gasteiger partial charge in [0.15, 0.2) is 0 Å². The van der Waals surface area contributed by atoms with Crippen LogP contribution in [0.3, 0.4) is 0 Å². The number of amides is 2. The number of nitrogens with two attached hydrogens (primary N) is 1. The molecule has 0 saturated carbocycles. The van der Waals surface area contributed by atoms with Crippen LogP contribution in [0.5, 0.6) is 0 Å². The average Bonchev–Trinajstić information content (AvgIpc) is 2.24. The van der Waals surface area contributed by atoms with E-state index in [0.717, 1.165) is 0 Å². The van der Waals surface area contributed by atoms with E-state index in [-0.39, 0.29) is 0 Å². The summed E-state index contributed by atoms with van der Waals surface area (Å²) in [6.07, 6.45) is -0.560. The van der Waals surface area contributed by atoms with Gasteiger partial charge in [0.05, 0.1) is 12.1 Å². The van der Waals surface area contributed by atoms with Gasteiger partial charge in [-0.3, -0.25) is 9.59 Å². The molecule has 0 aliphatic carbocycles. The second kappa shape index (κ2) is 6.97. The lowest BCUT2D eigenvalue weighted by Gasteiger charge is -2.19. The highest BCUT2D eigenvalue weighted by Crippen LogP contribution is 1.91. The smallest absolute Gasteiger partial charge is 0.242 e. The molecule has 0 heterocycles. The van der Waals surface area contributed by atoms with Crippen molar-refractivity contribution in [2.24, 2.45) is 5.73 Å². The van der Waals surface area contributed by atoms with E-state index in [4.69, 9.17) is 10.8 Å². The van der Waals surface area contributed by atoms with Crippen molar-refractivity contribution in [3.8, 4) is 0 Å². The lowest BCUT2D eigenvalue weighted by atomic mass is 10.2. The average molecular weight is 245 g/mol. The summed E-state index contributed by atoms with van der Waals surface area (Å²) in [7, 11) is 0. The Morgan fingerprint density at radius 3 is 2.06 bits per heavy atom. The molecule has 0 unspecified atom stereocenters. The zero-order valence-electron chi connectivity index (χ0n) is 10.1. The van der Waals surface area contributed by atoms with E-state index < -0.39 is 36.0 Å². The predicted molar refractivity (Wildman–Crippen MR) is 60.9 cm³/mol. The highest BCUT2D eigenvalue weighted by molar-refractivity contribution is 5.90. The molecule has 0 bridgehead atoms. The van der Waals surface area contributed by atoms with Crippen LogP contribution in [0.1, 0.15) is 20.8 Å². The second-order valence-corrected chi connectivity index (χ2v) is 3.93. The zero-order valence-corrected chi connectivity index (χ0v) is 10.1. The molecule has 0 rings (SSSR count). The van der Waals surface area contributed by atoms with E-state index in [2.05, 4.69) is 10.6 Å². The van der Waals surface area contributed by atoms with Crippen molar-refractivity contribution in [3.05, 3.63) is 0 Å². The standard InChI is InChI=1S/C10H19N3O4/c1-5(11)9(16)12-6(2)10(17)13-8(4-14)7(3)15/h4-8,15H,11H2,1-3H3,(H,12,16)(H,13,17)/t5-,6-,7+,8+/m0/s1. The largest absolute Gasteiger partial charge is 0.391 e. The third-order valence-electron chi connectivity index (χ3n) is 2.14. The Labute approximate surface area is 99.7 Å². The summed E-state index contributed by atoms with van der Waals surface area (Å²) in [5.41, 5.74) is 5.32. The molecule has 5 N–H and O–H groups in total. The van der Waals surface area contributed by atoms with E-state index in [0.29, 0.717) is 6.29 Å².